The molecule has 2 fully saturated rings. The molecule has 2 bridgehead atoms. The van der Waals surface area contributed by atoms with Crippen LogP contribution in [0.4, 0.5) is 0 Å². The third-order valence-electron chi connectivity index (χ3n) is 4.93. The second-order valence-corrected chi connectivity index (χ2v) is 6.33. The largest absolute Gasteiger partial charge is 0.352 e. The normalized spacial score (nSPS) is 32.9. The van der Waals surface area contributed by atoms with Crippen LogP contribution in [0.15, 0.2) is 0 Å². The highest BCUT2D eigenvalue weighted by Gasteiger charge is 2.36. The van der Waals surface area contributed by atoms with E-state index in [-0.39, 0.29) is 5.91 Å². The Hall–Kier alpha value is -0.610. The Morgan fingerprint density at radius 1 is 1.32 bits per heavy atom. The molecule has 3 unspecified atom stereocenters. The fraction of sp³-hybridized carbons (Fsp3) is 0.933. The highest BCUT2D eigenvalue weighted by atomic mass is 16.2. The molecule has 4 heteroatoms. The zero-order valence-corrected chi connectivity index (χ0v) is 12.6. The summed E-state index contributed by atoms with van der Waals surface area (Å²) in [7, 11) is 2.25. The van der Waals surface area contributed by atoms with Crippen LogP contribution in [-0.2, 0) is 4.79 Å². The smallest absolute Gasteiger partial charge is 0.234 e. The molecule has 2 aliphatic rings. The van der Waals surface area contributed by atoms with Gasteiger partial charge in [0.2, 0.25) is 5.91 Å². The standard InChI is InChI=1S/C15H29N3O/c1-4-11(2)16-10-15(19)17-12-8-13-6-5-7-14(9-12)18(13)3/h11-14,16H,4-10H2,1-3H3,(H,17,19). The van der Waals surface area contributed by atoms with Crippen molar-refractivity contribution in [3.63, 3.8) is 0 Å². The number of hydrogen-bond donors (Lipinski definition) is 2. The maximum atomic E-state index is 11.9. The molecule has 2 aliphatic heterocycles. The van der Waals surface area contributed by atoms with Crippen molar-refractivity contribution in [3.8, 4) is 0 Å². The van der Waals surface area contributed by atoms with E-state index < -0.39 is 0 Å². The number of nitrogens with zero attached hydrogens (tertiary/aromatic N) is 1. The third kappa shape index (κ3) is 3.93. The molecule has 0 aromatic rings. The minimum Gasteiger partial charge on any atom is -0.352 e. The first-order chi connectivity index (χ1) is 9.10. The van der Waals surface area contributed by atoms with Crippen molar-refractivity contribution in [1.82, 2.24) is 15.5 Å². The van der Waals surface area contributed by atoms with Crippen LogP contribution >= 0.6 is 0 Å². The molecular formula is C15H29N3O. The molecule has 0 saturated carbocycles. The Balaban J connectivity index is 1.76. The Morgan fingerprint density at radius 3 is 2.53 bits per heavy atom. The number of piperidine rings is 2. The number of nitrogens with one attached hydrogen (secondary N) is 2. The molecule has 1 amide bonds. The van der Waals surface area contributed by atoms with Gasteiger partial charge in [0.25, 0.3) is 0 Å². The van der Waals surface area contributed by atoms with Gasteiger partial charge in [0, 0.05) is 24.2 Å². The first-order valence-corrected chi connectivity index (χ1v) is 7.84. The van der Waals surface area contributed by atoms with E-state index in [4.69, 9.17) is 0 Å². The average molecular weight is 267 g/mol. The lowest BCUT2D eigenvalue weighted by atomic mass is 9.82. The summed E-state index contributed by atoms with van der Waals surface area (Å²) in [5, 5.41) is 6.48. The zero-order chi connectivity index (χ0) is 13.8. The Morgan fingerprint density at radius 2 is 1.95 bits per heavy atom. The summed E-state index contributed by atoms with van der Waals surface area (Å²) in [5.41, 5.74) is 0. The van der Waals surface area contributed by atoms with Gasteiger partial charge in [-0.25, -0.2) is 0 Å². The molecule has 4 nitrogen and oxygen atoms in total. The van der Waals surface area contributed by atoms with Crippen molar-refractivity contribution in [3.05, 3.63) is 0 Å². The quantitative estimate of drug-likeness (QED) is 0.793. The minimum absolute atomic E-state index is 0.160. The van der Waals surface area contributed by atoms with Gasteiger partial charge < -0.3 is 15.5 Å². The van der Waals surface area contributed by atoms with E-state index in [0.717, 1.165) is 19.3 Å². The number of carbonyl (C=O) groups excluding carboxylic acids is 1. The number of rotatable bonds is 5. The number of carbonyl (C=O) groups is 1. The Kier molecular flexibility index (Phi) is 5.22. The lowest BCUT2D eigenvalue weighted by Gasteiger charge is -2.47. The lowest BCUT2D eigenvalue weighted by Crippen LogP contribution is -2.56. The van der Waals surface area contributed by atoms with Crippen molar-refractivity contribution in [2.24, 2.45) is 0 Å². The SMILES string of the molecule is CCC(C)NCC(=O)NC1CC2CCCC(C1)N2C. The van der Waals surface area contributed by atoms with Gasteiger partial charge in [-0.05, 0) is 46.1 Å². The molecule has 110 valence electrons. The summed E-state index contributed by atoms with van der Waals surface area (Å²) in [4.78, 5) is 14.5. The van der Waals surface area contributed by atoms with Crippen molar-refractivity contribution < 1.29 is 4.79 Å². The fourth-order valence-electron chi connectivity index (χ4n) is 3.42. The van der Waals surface area contributed by atoms with Crippen molar-refractivity contribution in [2.45, 2.75) is 76.5 Å². The summed E-state index contributed by atoms with van der Waals surface area (Å²) in [6, 6.07) is 2.17. The number of hydrogen-bond acceptors (Lipinski definition) is 3. The highest BCUT2D eigenvalue weighted by Crippen LogP contribution is 2.32. The van der Waals surface area contributed by atoms with E-state index in [9.17, 15) is 4.79 Å². The molecule has 2 N–H and O–H groups in total. The molecule has 19 heavy (non-hydrogen) atoms. The van der Waals surface area contributed by atoms with Crippen LogP contribution in [0.1, 0.15) is 52.4 Å². The molecule has 0 aliphatic carbocycles. The van der Waals surface area contributed by atoms with Crippen molar-refractivity contribution in [1.29, 1.82) is 0 Å². The number of fused-ring (bicyclic) bond motifs is 2. The summed E-state index contributed by atoms with van der Waals surface area (Å²) >= 11 is 0. The highest BCUT2D eigenvalue weighted by molar-refractivity contribution is 5.78. The summed E-state index contributed by atoms with van der Waals surface area (Å²) in [5.74, 6) is 0.160. The van der Waals surface area contributed by atoms with E-state index in [1.54, 1.807) is 0 Å². The van der Waals surface area contributed by atoms with Crippen LogP contribution in [0, 0.1) is 0 Å². The van der Waals surface area contributed by atoms with Crippen LogP contribution in [0.25, 0.3) is 0 Å². The van der Waals surface area contributed by atoms with E-state index in [2.05, 4.69) is 36.4 Å². The first-order valence-electron chi connectivity index (χ1n) is 7.84. The fourth-order valence-corrected chi connectivity index (χ4v) is 3.42. The van der Waals surface area contributed by atoms with E-state index >= 15 is 0 Å². The van der Waals surface area contributed by atoms with Crippen LogP contribution < -0.4 is 10.6 Å². The van der Waals surface area contributed by atoms with Crippen molar-refractivity contribution >= 4 is 5.91 Å². The van der Waals surface area contributed by atoms with Gasteiger partial charge in [-0.3, -0.25) is 4.79 Å². The van der Waals surface area contributed by atoms with Crippen LogP contribution in [-0.4, -0.2) is 48.6 Å². The van der Waals surface area contributed by atoms with E-state index in [0.29, 0.717) is 30.7 Å². The Labute approximate surface area is 117 Å². The van der Waals surface area contributed by atoms with Crippen LogP contribution in [0.2, 0.25) is 0 Å². The van der Waals surface area contributed by atoms with Crippen LogP contribution in [0.3, 0.4) is 0 Å². The molecule has 0 aromatic carbocycles. The van der Waals surface area contributed by atoms with E-state index in [1.807, 2.05) is 0 Å². The molecule has 0 radical (unpaired) electrons. The topological polar surface area (TPSA) is 44.4 Å². The van der Waals surface area contributed by atoms with E-state index in [1.165, 1.54) is 19.3 Å². The summed E-state index contributed by atoms with van der Waals surface area (Å²) in [6.45, 7) is 4.71. The van der Waals surface area contributed by atoms with Crippen LogP contribution in [0.5, 0.6) is 0 Å². The van der Waals surface area contributed by atoms with Gasteiger partial charge in [-0.15, -0.1) is 0 Å². The number of amides is 1. The lowest BCUT2D eigenvalue weighted by molar-refractivity contribution is -0.121. The predicted molar refractivity (Wildman–Crippen MR) is 78.1 cm³/mol. The maximum Gasteiger partial charge on any atom is 0.234 e. The Bertz CT molecular complexity index is 294. The zero-order valence-electron chi connectivity index (χ0n) is 12.6. The first kappa shape index (κ1) is 14.8. The second kappa shape index (κ2) is 6.71. The molecule has 3 atom stereocenters. The maximum absolute atomic E-state index is 11.9. The molecule has 2 heterocycles. The average Bonchev–Trinajstić information content (AvgIpc) is 2.37. The summed E-state index contributed by atoms with van der Waals surface area (Å²) < 4.78 is 0. The minimum atomic E-state index is 0.160. The molecular weight excluding hydrogens is 238 g/mol. The molecule has 2 rings (SSSR count). The van der Waals surface area contributed by atoms with Gasteiger partial charge in [-0.2, -0.15) is 0 Å². The van der Waals surface area contributed by atoms with Gasteiger partial charge >= 0.3 is 0 Å². The molecule has 0 spiro atoms. The molecule has 0 aromatic heterocycles. The van der Waals surface area contributed by atoms with Gasteiger partial charge in [0.05, 0.1) is 6.54 Å². The second-order valence-electron chi connectivity index (χ2n) is 6.33. The third-order valence-corrected chi connectivity index (χ3v) is 4.93. The van der Waals surface area contributed by atoms with Crippen molar-refractivity contribution in [2.75, 3.05) is 13.6 Å². The van der Waals surface area contributed by atoms with Gasteiger partial charge in [-0.1, -0.05) is 13.3 Å². The summed E-state index contributed by atoms with van der Waals surface area (Å²) in [6.07, 6.45) is 7.26. The van der Waals surface area contributed by atoms with Gasteiger partial charge in [0.1, 0.15) is 0 Å². The predicted octanol–water partition coefficient (Wildman–Crippen LogP) is 1.51. The molecule has 2 saturated heterocycles. The monoisotopic (exact) mass is 267 g/mol. The van der Waals surface area contributed by atoms with Gasteiger partial charge in [0.15, 0.2) is 0 Å².